The second kappa shape index (κ2) is 6.33. The Hall–Kier alpha value is -3.67. The van der Waals surface area contributed by atoms with Crippen LogP contribution in [0, 0.1) is 5.82 Å². The molecule has 126 valence electrons. The van der Waals surface area contributed by atoms with E-state index in [0.717, 1.165) is 11.1 Å². The normalized spacial score (nSPS) is 10.8. The molecule has 0 aliphatic heterocycles. The second-order valence-electron chi connectivity index (χ2n) is 5.72. The van der Waals surface area contributed by atoms with Gasteiger partial charge in [-0.05, 0) is 54.1 Å². The minimum atomic E-state index is -0.619. The summed E-state index contributed by atoms with van der Waals surface area (Å²) in [4.78, 5) is 24.4. The number of hydrogen-bond donors (Lipinski definition) is 1. The molecule has 5 nitrogen and oxygen atoms in total. The molecule has 6 heteroatoms. The summed E-state index contributed by atoms with van der Waals surface area (Å²) in [5, 5.41) is 0. The predicted molar refractivity (Wildman–Crippen MR) is 96.7 cm³/mol. The van der Waals surface area contributed by atoms with Crippen molar-refractivity contribution in [3.8, 4) is 22.4 Å². The number of benzene rings is 1. The van der Waals surface area contributed by atoms with Crippen molar-refractivity contribution >= 4 is 16.9 Å². The quantitative estimate of drug-likeness (QED) is 0.616. The van der Waals surface area contributed by atoms with E-state index in [2.05, 4.69) is 15.0 Å². The van der Waals surface area contributed by atoms with Crippen LogP contribution in [-0.4, -0.2) is 20.9 Å². The summed E-state index contributed by atoms with van der Waals surface area (Å²) in [6.45, 7) is 0. The maximum Gasteiger partial charge on any atom is 0.248 e. The average Bonchev–Trinajstić information content (AvgIpc) is 2.68. The molecule has 0 aliphatic rings. The number of carbonyl (C=O) groups is 1. The van der Waals surface area contributed by atoms with Crippen molar-refractivity contribution in [2.75, 3.05) is 0 Å². The van der Waals surface area contributed by atoms with E-state index in [1.165, 1.54) is 18.2 Å². The molecule has 0 unspecified atom stereocenters. The minimum absolute atomic E-state index is 0.215. The van der Waals surface area contributed by atoms with Gasteiger partial charge in [-0.2, -0.15) is 0 Å². The fraction of sp³-hybridized carbons (Fsp3) is 0. The Balaban J connectivity index is 1.94. The summed E-state index contributed by atoms with van der Waals surface area (Å²) in [5.74, 6) is -1.10. The summed E-state index contributed by atoms with van der Waals surface area (Å²) < 4.78 is 14.3. The van der Waals surface area contributed by atoms with Crippen molar-refractivity contribution in [3.05, 3.63) is 78.5 Å². The lowest BCUT2D eigenvalue weighted by atomic mass is 10.0. The molecule has 0 saturated heterocycles. The van der Waals surface area contributed by atoms with Crippen molar-refractivity contribution < 1.29 is 9.18 Å². The average molecular weight is 344 g/mol. The topological polar surface area (TPSA) is 81.8 Å². The predicted octanol–water partition coefficient (Wildman–Crippen LogP) is 3.60. The van der Waals surface area contributed by atoms with E-state index >= 15 is 0 Å². The number of rotatable bonds is 3. The summed E-state index contributed by atoms with van der Waals surface area (Å²) >= 11 is 0. The third-order valence-corrected chi connectivity index (χ3v) is 4.10. The van der Waals surface area contributed by atoms with Gasteiger partial charge in [-0.1, -0.05) is 0 Å². The van der Waals surface area contributed by atoms with Crippen LogP contribution in [0.25, 0.3) is 33.4 Å². The van der Waals surface area contributed by atoms with E-state index in [9.17, 15) is 9.18 Å². The van der Waals surface area contributed by atoms with Crippen molar-refractivity contribution in [2.24, 2.45) is 5.73 Å². The zero-order valence-electron chi connectivity index (χ0n) is 13.6. The zero-order chi connectivity index (χ0) is 18.1. The first-order valence-electron chi connectivity index (χ1n) is 7.89. The smallest absolute Gasteiger partial charge is 0.248 e. The molecule has 26 heavy (non-hydrogen) atoms. The number of halogens is 1. The molecule has 1 amide bonds. The van der Waals surface area contributed by atoms with Crippen LogP contribution in [0.4, 0.5) is 4.39 Å². The van der Waals surface area contributed by atoms with Crippen molar-refractivity contribution in [2.45, 2.75) is 0 Å². The molecule has 0 atom stereocenters. The molecule has 0 aliphatic carbocycles. The molecule has 3 heterocycles. The van der Waals surface area contributed by atoms with Gasteiger partial charge in [0.1, 0.15) is 5.82 Å². The number of amides is 1. The van der Waals surface area contributed by atoms with Gasteiger partial charge < -0.3 is 5.73 Å². The molecule has 0 radical (unpaired) electrons. The summed E-state index contributed by atoms with van der Waals surface area (Å²) in [5.41, 5.74) is 9.28. The second-order valence-corrected chi connectivity index (χ2v) is 5.72. The van der Waals surface area contributed by atoms with E-state index < -0.39 is 11.7 Å². The largest absolute Gasteiger partial charge is 0.366 e. The summed E-state index contributed by atoms with van der Waals surface area (Å²) in [6, 6.07) is 13.0. The van der Waals surface area contributed by atoms with Gasteiger partial charge in [-0.25, -0.2) is 9.37 Å². The van der Waals surface area contributed by atoms with Gasteiger partial charge in [0.05, 0.1) is 16.7 Å². The molecule has 4 rings (SSSR count). The third kappa shape index (κ3) is 2.77. The highest BCUT2D eigenvalue weighted by Crippen LogP contribution is 2.29. The summed E-state index contributed by atoms with van der Waals surface area (Å²) in [7, 11) is 0. The van der Waals surface area contributed by atoms with Crippen molar-refractivity contribution in [1.82, 2.24) is 15.0 Å². The molecule has 0 fully saturated rings. The number of carbonyl (C=O) groups excluding carboxylic acids is 1. The van der Waals surface area contributed by atoms with Gasteiger partial charge in [0.15, 0.2) is 0 Å². The molecule has 0 spiro atoms. The van der Waals surface area contributed by atoms with Crippen LogP contribution >= 0.6 is 0 Å². The van der Waals surface area contributed by atoms with E-state index in [-0.39, 0.29) is 11.1 Å². The van der Waals surface area contributed by atoms with E-state index in [1.54, 1.807) is 30.7 Å². The molecule has 4 aromatic rings. The fourth-order valence-electron chi connectivity index (χ4n) is 2.81. The molecular weight excluding hydrogens is 331 g/mol. The van der Waals surface area contributed by atoms with Gasteiger partial charge >= 0.3 is 0 Å². The van der Waals surface area contributed by atoms with Gasteiger partial charge in [-0.3, -0.25) is 14.8 Å². The number of hydrogen-bond acceptors (Lipinski definition) is 4. The van der Waals surface area contributed by atoms with Crippen LogP contribution in [0.5, 0.6) is 0 Å². The Morgan fingerprint density at radius 3 is 2.50 bits per heavy atom. The number of primary amides is 1. The zero-order valence-corrected chi connectivity index (χ0v) is 13.6. The van der Waals surface area contributed by atoms with Gasteiger partial charge in [0, 0.05) is 35.3 Å². The summed E-state index contributed by atoms with van der Waals surface area (Å²) in [6.07, 6.45) is 5.09. The number of fused-ring (bicyclic) bond motifs is 1. The highest BCUT2D eigenvalue weighted by atomic mass is 19.1. The van der Waals surface area contributed by atoms with Crippen molar-refractivity contribution in [1.29, 1.82) is 0 Å². The van der Waals surface area contributed by atoms with E-state index in [1.807, 2.05) is 18.2 Å². The third-order valence-electron chi connectivity index (χ3n) is 4.10. The first-order chi connectivity index (χ1) is 12.6. The lowest BCUT2D eigenvalue weighted by Crippen LogP contribution is -2.11. The number of pyridine rings is 3. The molecule has 3 aromatic heterocycles. The maximum absolute atomic E-state index is 14.3. The first-order valence-corrected chi connectivity index (χ1v) is 7.89. The van der Waals surface area contributed by atoms with Crippen LogP contribution in [0.2, 0.25) is 0 Å². The number of aromatic nitrogens is 3. The van der Waals surface area contributed by atoms with Gasteiger partial charge in [-0.15, -0.1) is 0 Å². The monoisotopic (exact) mass is 344 g/mol. The Bertz CT molecular complexity index is 1130. The molecular formula is C20H13FN4O. The molecule has 0 bridgehead atoms. The first kappa shape index (κ1) is 15.8. The van der Waals surface area contributed by atoms with E-state index in [0.29, 0.717) is 16.7 Å². The van der Waals surface area contributed by atoms with Crippen LogP contribution in [0.1, 0.15) is 10.4 Å². The lowest BCUT2D eigenvalue weighted by molar-refractivity contribution is 0.100. The molecule has 2 N–H and O–H groups in total. The Morgan fingerprint density at radius 2 is 1.73 bits per heavy atom. The fourth-order valence-corrected chi connectivity index (χ4v) is 2.81. The Morgan fingerprint density at radius 1 is 0.923 bits per heavy atom. The van der Waals surface area contributed by atoms with Crippen molar-refractivity contribution in [3.63, 3.8) is 0 Å². The van der Waals surface area contributed by atoms with Gasteiger partial charge in [0.25, 0.3) is 0 Å². The van der Waals surface area contributed by atoms with Crippen LogP contribution in [0.3, 0.4) is 0 Å². The maximum atomic E-state index is 14.3. The van der Waals surface area contributed by atoms with Crippen LogP contribution < -0.4 is 5.73 Å². The van der Waals surface area contributed by atoms with Crippen LogP contribution in [-0.2, 0) is 0 Å². The highest BCUT2D eigenvalue weighted by molar-refractivity contribution is 5.95. The Kier molecular flexibility index (Phi) is 3.85. The Labute approximate surface area is 148 Å². The lowest BCUT2D eigenvalue weighted by Gasteiger charge is -2.09. The minimum Gasteiger partial charge on any atom is -0.366 e. The molecule has 0 saturated carbocycles. The number of nitrogens with zero attached hydrogens (tertiary/aromatic N) is 3. The SMILES string of the molecule is NC(=O)c1ccc(F)c(-c2ccc3nccc(-c4ccncc4)c3n2)c1. The molecule has 1 aromatic carbocycles. The van der Waals surface area contributed by atoms with Gasteiger partial charge in [0.2, 0.25) is 5.91 Å². The van der Waals surface area contributed by atoms with Crippen LogP contribution in [0.15, 0.2) is 67.1 Å². The highest BCUT2D eigenvalue weighted by Gasteiger charge is 2.13. The standard InChI is InChI=1S/C20H13FN4O/c21-16-2-1-13(20(22)26)11-15(16)17-3-4-18-19(25-17)14(7-10-24-18)12-5-8-23-9-6-12/h1-11H,(H2,22,26). The van der Waals surface area contributed by atoms with E-state index in [4.69, 9.17) is 5.73 Å². The number of nitrogens with two attached hydrogens (primary N) is 1.